The lowest BCUT2D eigenvalue weighted by atomic mass is 10.3. The van der Waals surface area contributed by atoms with E-state index < -0.39 is 0 Å². The number of rotatable bonds is 0. The van der Waals surface area contributed by atoms with Gasteiger partial charge in [-0.25, -0.2) is 0 Å². The number of nitrogens with one attached hydrogen (secondary N) is 1. The SMILES string of the molecule is CC(=N)n1c(N)cc(C)cc1=O. The zero-order chi connectivity index (χ0) is 9.30. The molecular formula is C8H11N3O. The fraction of sp³-hybridized carbons (Fsp3) is 0.250. The first-order valence-corrected chi connectivity index (χ1v) is 3.57. The van der Waals surface area contributed by atoms with E-state index in [2.05, 4.69) is 0 Å². The fourth-order valence-corrected chi connectivity index (χ4v) is 1.08. The summed E-state index contributed by atoms with van der Waals surface area (Å²) in [5, 5.41) is 7.27. The molecule has 0 saturated heterocycles. The summed E-state index contributed by atoms with van der Waals surface area (Å²) >= 11 is 0. The van der Waals surface area contributed by atoms with Gasteiger partial charge in [0.2, 0.25) is 0 Å². The Balaban J connectivity index is 3.49. The van der Waals surface area contributed by atoms with Gasteiger partial charge in [0.15, 0.2) is 0 Å². The Labute approximate surface area is 70.1 Å². The normalized spacial score (nSPS) is 9.83. The van der Waals surface area contributed by atoms with Crippen molar-refractivity contribution in [3.63, 3.8) is 0 Å². The van der Waals surface area contributed by atoms with Gasteiger partial charge in [-0.3, -0.25) is 14.8 Å². The van der Waals surface area contributed by atoms with Gasteiger partial charge in [-0.2, -0.15) is 0 Å². The van der Waals surface area contributed by atoms with E-state index in [9.17, 15) is 4.79 Å². The number of nitrogens with zero attached hydrogens (tertiary/aromatic N) is 1. The third-order valence-electron chi connectivity index (χ3n) is 1.54. The highest BCUT2D eigenvalue weighted by Gasteiger charge is 2.02. The van der Waals surface area contributed by atoms with Crippen LogP contribution in [0.15, 0.2) is 16.9 Å². The maximum Gasteiger partial charge on any atom is 0.257 e. The van der Waals surface area contributed by atoms with Gasteiger partial charge in [-0.1, -0.05) is 0 Å². The Bertz CT molecular complexity index is 378. The third kappa shape index (κ3) is 1.37. The molecular weight excluding hydrogens is 154 g/mol. The van der Waals surface area contributed by atoms with E-state index in [0.29, 0.717) is 5.82 Å². The van der Waals surface area contributed by atoms with Gasteiger partial charge in [0, 0.05) is 6.07 Å². The van der Waals surface area contributed by atoms with E-state index in [0.717, 1.165) is 10.1 Å². The second-order valence-electron chi connectivity index (χ2n) is 2.72. The average Bonchev–Trinajstić information content (AvgIpc) is 1.82. The van der Waals surface area contributed by atoms with Crippen LogP contribution in [0.2, 0.25) is 0 Å². The molecule has 0 amide bonds. The van der Waals surface area contributed by atoms with Gasteiger partial charge >= 0.3 is 0 Å². The molecule has 1 aromatic heterocycles. The molecule has 0 spiro atoms. The highest BCUT2D eigenvalue weighted by Crippen LogP contribution is 2.01. The zero-order valence-electron chi connectivity index (χ0n) is 7.09. The highest BCUT2D eigenvalue weighted by atomic mass is 16.1. The van der Waals surface area contributed by atoms with Crippen LogP contribution >= 0.6 is 0 Å². The number of nitrogens with two attached hydrogens (primary N) is 1. The molecule has 4 heteroatoms. The summed E-state index contributed by atoms with van der Waals surface area (Å²) in [5.41, 5.74) is 6.11. The number of aromatic nitrogens is 1. The van der Waals surface area contributed by atoms with Crippen LogP contribution in [-0.4, -0.2) is 10.4 Å². The van der Waals surface area contributed by atoms with Crippen molar-refractivity contribution in [3.05, 3.63) is 28.0 Å². The molecule has 3 N–H and O–H groups in total. The summed E-state index contributed by atoms with van der Waals surface area (Å²) in [6, 6.07) is 3.12. The molecule has 0 saturated carbocycles. The second-order valence-corrected chi connectivity index (χ2v) is 2.72. The summed E-state index contributed by atoms with van der Waals surface area (Å²) in [5.74, 6) is 0.449. The minimum atomic E-state index is -0.250. The summed E-state index contributed by atoms with van der Waals surface area (Å²) in [7, 11) is 0. The van der Waals surface area contributed by atoms with E-state index >= 15 is 0 Å². The first kappa shape index (κ1) is 8.52. The number of hydrogen-bond acceptors (Lipinski definition) is 3. The van der Waals surface area contributed by atoms with Crippen molar-refractivity contribution >= 4 is 11.7 Å². The Morgan fingerprint density at radius 3 is 2.58 bits per heavy atom. The predicted molar refractivity (Wildman–Crippen MR) is 48.7 cm³/mol. The van der Waals surface area contributed by atoms with E-state index in [1.54, 1.807) is 13.0 Å². The quantitative estimate of drug-likeness (QED) is 0.436. The number of pyridine rings is 1. The van der Waals surface area contributed by atoms with Crippen molar-refractivity contribution in [3.8, 4) is 0 Å². The molecule has 4 nitrogen and oxygen atoms in total. The van der Waals surface area contributed by atoms with Crippen LogP contribution in [0.1, 0.15) is 12.5 Å². The van der Waals surface area contributed by atoms with Gasteiger partial charge in [0.1, 0.15) is 11.7 Å². The van der Waals surface area contributed by atoms with Crippen molar-refractivity contribution in [2.75, 3.05) is 5.73 Å². The van der Waals surface area contributed by atoms with E-state index in [4.69, 9.17) is 11.1 Å². The Hall–Kier alpha value is -1.58. The fourth-order valence-electron chi connectivity index (χ4n) is 1.08. The number of anilines is 1. The summed E-state index contributed by atoms with van der Waals surface area (Å²) in [6.07, 6.45) is 0. The smallest absolute Gasteiger partial charge is 0.257 e. The Kier molecular flexibility index (Phi) is 1.99. The largest absolute Gasteiger partial charge is 0.385 e. The van der Waals surface area contributed by atoms with Gasteiger partial charge in [-0.05, 0) is 25.5 Å². The van der Waals surface area contributed by atoms with Gasteiger partial charge in [0.25, 0.3) is 5.56 Å². The Morgan fingerprint density at radius 1 is 1.58 bits per heavy atom. The maximum atomic E-state index is 11.2. The summed E-state index contributed by atoms with van der Waals surface area (Å²) < 4.78 is 1.16. The van der Waals surface area contributed by atoms with Crippen molar-refractivity contribution < 1.29 is 0 Å². The van der Waals surface area contributed by atoms with Crippen LogP contribution in [0.4, 0.5) is 5.82 Å². The molecule has 0 radical (unpaired) electrons. The van der Waals surface area contributed by atoms with Crippen molar-refractivity contribution in [2.24, 2.45) is 0 Å². The molecule has 1 rings (SSSR count). The van der Waals surface area contributed by atoms with Crippen LogP contribution in [-0.2, 0) is 0 Å². The molecule has 12 heavy (non-hydrogen) atoms. The lowest BCUT2D eigenvalue weighted by Gasteiger charge is -2.06. The molecule has 0 aliphatic rings. The van der Waals surface area contributed by atoms with E-state index in [1.807, 2.05) is 0 Å². The molecule has 1 heterocycles. The molecule has 0 bridgehead atoms. The molecule has 1 aromatic rings. The van der Waals surface area contributed by atoms with Gasteiger partial charge < -0.3 is 5.73 Å². The number of nitrogen functional groups attached to an aromatic ring is 1. The molecule has 0 atom stereocenters. The number of aryl methyl sites for hydroxylation is 1. The molecule has 0 fully saturated rings. The summed E-state index contributed by atoms with van der Waals surface area (Å²) in [6.45, 7) is 3.31. The first-order chi connectivity index (χ1) is 5.52. The Morgan fingerprint density at radius 2 is 2.17 bits per heavy atom. The molecule has 0 aliphatic carbocycles. The minimum Gasteiger partial charge on any atom is -0.385 e. The van der Waals surface area contributed by atoms with Crippen LogP contribution in [0.25, 0.3) is 0 Å². The van der Waals surface area contributed by atoms with E-state index in [-0.39, 0.29) is 11.4 Å². The monoisotopic (exact) mass is 165 g/mol. The van der Waals surface area contributed by atoms with Gasteiger partial charge in [-0.15, -0.1) is 0 Å². The molecule has 0 aliphatic heterocycles. The lowest BCUT2D eigenvalue weighted by Crippen LogP contribution is -2.26. The minimum absolute atomic E-state index is 0.137. The first-order valence-electron chi connectivity index (χ1n) is 3.57. The van der Waals surface area contributed by atoms with Crippen LogP contribution in [0.5, 0.6) is 0 Å². The number of hydrogen-bond donors (Lipinski definition) is 2. The van der Waals surface area contributed by atoms with Crippen molar-refractivity contribution in [2.45, 2.75) is 13.8 Å². The van der Waals surface area contributed by atoms with Crippen LogP contribution in [0.3, 0.4) is 0 Å². The lowest BCUT2D eigenvalue weighted by molar-refractivity contribution is 1.03. The predicted octanol–water partition coefficient (Wildman–Crippen LogP) is 0.584. The van der Waals surface area contributed by atoms with E-state index in [1.165, 1.54) is 13.0 Å². The van der Waals surface area contributed by atoms with Crippen molar-refractivity contribution in [1.29, 1.82) is 5.41 Å². The second kappa shape index (κ2) is 2.81. The summed E-state index contributed by atoms with van der Waals surface area (Å²) in [4.78, 5) is 11.2. The highest BCUT2D eigenvalue weighted by molar-refractivity contribution is 5.81. The zero-order valence-corrected chi connectivity index (χ0v) is 7.09. The standard InChI is InChI=1S/C8H11N3O/c1-5-3-7(10)11(6(2)9)8(12)4-5/h3-4,9H,10H2,1-2H3. The van der Waals surface area contributed by atoms with Crippen LogP contribution < -0.4 is 11.3 Å². The molecule has 0 unspecified atom stereocenters. The molecule has 0 aromatic carbocycles. The third-order valence-corrected chi connectivity index (χ3v) is 1.54. The molecule has 64 valence electrons. The topological polar surface area (TPSA) is 71.9 Å². The van der Waals surface area contributed by atoms with Gasteiger partial charge in [0.05, 0.1) is 0 Å². The maximum absolute atomic E-state index is 11.2. The average molecular weight is 165 g/mol. The van der Waals surface area contributed by atoms with Crippen molar-refractivity contribution in [1.82, 2.24) is 4.57 Å². The van der Waals surface area contributed by atoms with Crippen LogP contribution in [0, 0.1) is 12.3 Å².